The molecule has 2 aromatic rings. The van der Waals surface area contributed by atoms with E-state index in [-0.39, 0.29) is 0 Å². The molecule has 5 heteroatoms. The number of nitrogens with zero attached hydrogens (tertiary/aromatic N) is 2. The van der Waals surface area contributed by atoms with Crippen molar-refractivity contribution in [2.75, 3.05) is 0 Å². The molecule has 1 N–H and O–H groups in total. The first-order valence-corrected chi connectivity index (χ1v) is 3.72. The van der Waals surface area contributed by atoms with Gasteiger partial charge in [0.2, 0.25) is 0 Å². The quantitative estimate of drug-likeness (QED) is 0.699. The Labute approximate surface area is 73.8 Å². The molecule has 0 unspecified atom stereocenters. The molecule has 2 aromatic heterocycles. The molecular weight excluding hydrogens is 170 g/mol. The third-order valence-electron chi connectivity index (χ3n) is 1.70. The van der Waals surface area contributed by atoms with Crippen LogP contribution in [0.5, 0.6) is 0 Å². The highest BCUT2D eigenvalue weighted by molar-refractivity contribution is 5.74. The van der Waals surface area contributed by atoms with E-state index in [0.29, 0.717) is 23.6 Å². The molecule has 0 aromatic carbocycles. The molecule has 0 aliphatic heterocycles. The highest BCUT2D eigenvalue weighted by Gasteiger charge is 2.09. The fourth-order valence-corrected chi connectivity index (χ4v) is 1.04. The summed E-state index contributed by atoms with van der Waals surface area (Å²) >= 11 is 0. The summed E-state index contributed by atoms with van der Waals surface area (Å²) in [6.07, 6.45) is 3.55. The summed E-state index contributed by atoms with van der Waals surface area (Å²) in [5.74, 6) is 1.05. The number of carbonyl (C=O) groups excluding carboxylic acids is 1. The number of aryl methyl sites for hydroxylation is 1. The molecule has 2 rings (SSSR count). The minimum Gasteiger partial charge on any atom is -0.440 e. The van der Waals surface area contributed by atoms with Gasteiger partial charge in [0.1, 0.15) is 5.69 Å². The van der Waals surface area contributed by atoms with Gasteiger partial charge >= 0.3 is 0 Å². The molecule has 13 heavy (non-hydrogen) atoms. The number of imidazole rings is 1. The molecule has 5 nitrogen and oxygen atoms in total. The third kappa shape index (κ3) is 1.24. The summed E-state index contributed by atoms with van der Waals surface area (Å²) in [7, 11) is 0. The van der Waals surface area contributed by atoms with Crippen LogP contribution in [0.25, 0.3) is 11.6 Å². The number of oxazole rings is 1. The Morgan fingerprint density at radius 3 is 3.00 bits per heavy atom. The van der Waals surface area contributed by atoms with Crippen molar-refractivity contribution >= 4 is 6.29 Å². The number of H-pyrrole nitrogens is 1. The van der Waals surface area contributed by atoms with Crippen molar-refractivity contribution in [3.8, 4) is 11.6 Å². The predicted octanol–water partition coefficient (Wildman–Crippen LogP) is 1.19. The molecule has 0 saturated carbocycles. The normalized spacial score (nSPS) is 10.2. The van der Waals surface area contributed by atoms with Crippen LogP contribution in [0.2, 0.25) is 0 Å². The number of nitrogens with one attached hydrogen (secondary N) is 1. The van der Waals surface area contributed by atoms with Gasteiger partial charge in [0.25, 0.3) is 0 Å². The third-order valence-corrected chi connectivity index (χ3v) is 1.70. The fraction of sp³-hybridized carbons (Fsp3) is 0.125. The largest absolute Gasteiger partial charge is 0.440 e. The summed E-state index contributed by atoms with van der Waals surface area (Å²) in [4.78, 5) is 21.2. The molecular formula is C8H7N3O2. The Morgan fingerprint density at radius 1 is 1.62 bits per heavy atom. The van der Waals surface area contributed by atoms with Crippen LogP contribution in [0.15, 0.2) is 17.0 Å². The minimum atomic E-state index is 0.395. The maximum Gasteiger partial charge on any atom is 0.189 e. The molecule has 0 atom stereocenters. The second kappa shape index (κ2) is 2.85. The number of aromatic amines is 1. The van der Waals surface area contributed by atoms with E-state index in [4.69, 9.17) is 4.42 Å². The van der Waals surface area contributed by atoms with Crippen LogP contribution < -0.4 is 0 Å². The van der Waals surface area contributed by atoms with Crippen LogP contribution >= 0.6 is 0 Å². The van der Waals surface area contributed by atoms with Crippen molar-refractivity contribution in [1.82, 2.24) is 15.0 Å². The van der Waals surface area contributed by atoms with Crippen LogP contribution in [0, 0.1) is 6.92 Å². The molecule has 0 aliphatic carbocycles. The lowest BCUT2D eigenvalue weighted by atomic mass is 10.4. The Bertz CT molecular complexity index is 417. The molecule has 0 bridgehead atoms. The van der Waals surface area contributed by atoms with Crippen molar-refractivity contribution in [3.05, 3.63) is 24.0 Å². The maximum absolute atomic E-state index is 10.5. The van der Waals surface area contributed by atoms with E-state index < -0.39 is 0 Å². The SMILES string of the molecule is Cc1[nH]c(-c2cnco2)nc1C=O. The van der Waals surface area contributed by atoms with Gasteiger partial charge in [0.05, 0.1) is 6.20 Å². The van der Waals surface area contributed by atoms with Gasteiger partial charge in [-0.3, -0.25) is 4.79 Å². The van der Waals surface area contributed by atoms with Gasteiger partial charge < -0.3 is 9.40 Å². The first-order chi connectivity index (χ1) is 6.31. The Morgan fingerprint density at radius 2 is 2.46 bits per heavy atom. The monoisotopic (exact) mass is 177 g/mol. The van der Waals surface area contributed by atoms with Crippen LogP contribution in [-0.4, -0.2) is 21.2 Å². The summed E-state index contributed by atoms with van der Waals surface area (Å²) < 4.78 is 5.01. The van der Waals surface area contributed by atoms with Crippen LogP contribution in [0.1, 0.15) is 16.2 Å². The van der Waals surface area contributed by atoms with Crippen molar-refractivity contribution in [1.29, 1.82) is 0 Å². The van der Waals surface area contributed by atoms with E-state index >= 15 is 0 Å². The summed E-state index contributed by atoms with van der Waals surface area (Å²) in [5.41, 5.74) is 1.12. The Balaban J connectivity index is 2.48. The van der Waals surface area contributed by atoms with Gasteiger partial charge in [0, 0.05) is 5.69 Å². The first-order valence-electron chi connectivity index (χ1n) is 3.72. The topological polar surface area (TPSA) is 71.8 Å². The zero-order valence-corrected chi connectivity index (χ0v) is 6.94. The Kier molecular flexibility index (Phi) is 1.70. The number of carbonyl (C=O) groups is 1. The van der Waals surface area contributed by atoms with E-state index in [1.807, 2.05) is 0 Å². The van der Waals surface area contributed by atoms with Crippen molar-refractivity contribution in [2.45, 2.75) is 6.92 Å². The maximum atomic E-state index is 10.5. The van der Waals surface area contributed by atoms with Crippen molar-refractivity contribution in [2.24, 2.45) is 0 Å². The van der Waals surface area contributed by atoms with Gasteiger partial charge in [-0.05, 0) is 6.92 Å². The molecule has 0 fully saturated rings. The van der Waals surface area contributed by atoms with Crippen molar-refractivity contribution < 1.29 is 9.21 Å². The highest BCUT2D eigenvalue weighted by Crippen LogP contribution is 2.15. The number of rotatable bonds is 2. The molecule has 0 spiro atoms. The second-order valence-electron chi connectivity index (χ2n) is 2.58. The van der Waals surface area contributed by atoms with E-state index in [1.165, 1.54) is 12.6 Å². The van der Waals surface area contributed by atoms with Crippen molar-refractivity contribution in [3.63, 3.8) is 0 Å². The lowest BCUT2D eigenvalue weighted by Gasteiger charge is -1.84. The lowest BCUT2D eigenvalue weighted by molar-refractivity contribution is 0.111. The molecule has 0 amide bonds. The molecule has 66 valence electrons. The zero-order chi connectivity index (χ0) is 9.26. The van der Waals surface area contributed by atoms with E-state index in [2.05, 4.69) is 15.0 Å². The van der Waals surface area contributed by atoms with Crippen LogP contribution in [0.3, 0.4) is 0 Å². The van der Waals surface area contributed by atoms with Crippen LogP contribution in [-0.2, 0) is 0 Å². The van der Waals surface area contributed by atoms with Gasteiger partial charge in [-0.15, -0.1) is 0 Å². The number of aldehydes is 1. The summed E-state index contributed by atoms with van der Waals surface area (Å²) in [6.45, 7) is 1.77. The molecule has 0 aliphatic rings. The Hall–Kier alpha value is -1.91. The highest BCUT2D eigenvalue weighted by atomic mass is 16.3. The smallest absolute Gasteiger partial charge is 0.189 e. The lowest BCUT2D eigenvalue weighted by Crippen LogP contribution is -1.81. The predicted molar refractivity (Wildman–Crippen MR) is 44.2 cm³/mol. The average molecular weight is 177 g/mol. The van der Waals surface area contributed by atoms with E-state index in [0.717, 1.165) is 5.69 Å². The first kappa shape index (κ1) is 7.72. The number of aromatic nitrogens is 3. The average Bonchev–Trinajstić information content (AvgIpc) is 2.71. The summed E-state index contributed by atoms with van der Waals surface area (Å²) in [6, 6.07) is 0. The van der Waals surface area contributed by atoms with Gasteiger partial charge in [-0.1, -0.05) is 0 Å². The molecule has 0 radical (unpaired) electrons. The zero-order valence-electron chi connectivity index (χ0n) is 6.94. The second-order valence-corrected chi connectivity index (χ2v) is 2.58. The van der Waals surface area contributed by atoms with E-state index in [9.17, 15) is 4.79 Å². The van der Waals surface area contributed by atoms with Crippen LogP contribution in [0.4, 0.5) is 0 Å². The number of hydrogen-bond acceptors (Lipinski definition) is 4. The molecule has 2 heterocycles. The van der Waals surface area contributed by atoms with E-state index in [1.54, 1.807) is 6.92 Å². The van der Waals surface area contributed by atoms with Gasteiger partial charge in [-0.2, -0.15) is 0 Å². The number of hydrogen-bond donors (Lipinski definition) is 1. The standard InChI is InChI=1S/C8H7N3O2/c1-5-6(3-12)11-8(10-5)7-2-9-4-13-7/h2-4H,1H3,(H,10,11). The summed E-state index contributed by atoms with van der Waals surface area (Å²) in [5, 5.41) is 0. The molecule has 0 saturated heterocycles. The fourth-order valence-electron chi connectivity index (χ4n) is 1.04. The van der Waals surface area contributed by atoms with Gasteiger partial charge in [-0.25, -0.2) is 9.97 Å². The van der Waals surface area contributed by atoms with Gasteiger partial charge in [0.15, 0.2) is 24.3 Å². The minimum absolute atomic E-state index is 0.395.